The van der Waals surface area contributed by atoms with Crippen LogP contribution >= 0.6 is 0 Å². The van der Waals surface area contributed by atoms with E-state index in [2.05, 4.69) is 5.32 Å². The molecular formula is C25H28N2O5. The van der Waals surface area contributed by atoms with Gasteiger partial charge in [-0.3, -0.25) is 9.59 Å². The number of amides is 2. The Kier molecular flexibility index (Phi) is 6.75. The number of ether oxygens (including phenoxy) is 3. The van der Waals surface area contributed by atoms with E-state index < -0.39 is 0 Å². The van der Waals surface area contributed by atoms with E-state index in [1.807, 2.05) is 50.2 Å². The SMILES string of the molecule is Cc1cccc(NC(=O)CN(CC2CCCO2)C(=O)/C=C/c2ccc3c(c2)OCO3)c1C. The smallest absolute Gasteiger partial charge is 0.247 e. The van der Waals surface area contributed by atoms with Crippen molar-refractivity contribution < 1.29 is 23.8 Å². The molecule has 2 heterocycles. The Hall–Kier alpha value is -3.32. The maximum absolute atomic E-state index is 13.0. The molecule has 2 amide bonds. The third-order valence-corrected chi connectivity index (χ3v) is 5.79. The molecule has 1 fully saturated rings. The van der Waals surface area contributed by atoms with Crippen molar-refractivity contribution in [3.63, 3.8) is 0 Å². The van der Waals surface area contributed by atoms with Crippen molar-refractivity contribution in [2.24, 2.45) is 0 Å². The summed E-state index contributed by atoms with van der Waals surface area (Å²) in [6, 6.07) is 11.3. The molecule has 32 heavy (non-hydrogen) atoms. The number of carbonyl (C=O) groups is 2. The van der Waals surface area contributed by atoms with E-state index in [0.29, 0.717) is 24.7 Å². The highest BCUT2D eigenvalue weighted by Gasteiger charge is 2.23. The highest BCUT2D eigenvalue weighted by Crippen LogP contribution is 2.32. The van der Waals surface area contributed by atoms with Crippen molar-refractivity contribution in [1.29, 1.82) is 0 Å². The van der Waals surface area contributed by atoms with Crippen molar-refractivity contribution in [2.75, 3.05) is 31.8 Å². The van der Waals surface area contributed by atoms with Crippen LogP contribution in [0.1, 0.15) is 29.5 Å². The van der Waals surface area contributed by atoms with Crippen LogP contribution in [0.25, 0.3) is 6.08 Å². The normalized spacial score (nSPS) is 17.0. The summed E-state index contributed by atoms with van der Waals surface area (Å²) in [5.74, 6) is 0.871. The Morgan fingerprint density at radius 3 is 2.81 bits per heavy atom. The van der Waals surface area contributed by atoms with Crippen molar-refractivity contribution in [1.82, 2.24) is 4.90 Å². The van der Waals surface area contributed by atoms with Crippen LogP contribution in [0.3, 0.4) is 0 Å². The molecular weight excluding hydrogens is 408 g/mol. The number of nitrogens with one attached hydrogen (secondary N) is 1. The monoisotopic (exact) mass is 436 g/mol. The standard InChI is InChI=1S/C25H28N2O5/c1-17-5-3-7-21(18(17)2)26-24(28)15-27(14-20-6-4-12-30-20)25(29)11-9-19-8-10-22-23(13-19)32-16-31-22/h3,5,7-11,13,20H,4,6,12,14-16H2,1-2H3,(H,26,28)/b11-9+. The quantitative estimate of drug-likeness (QED) is 0.670. The molecule has 1 saturated heterocycles. The van der Waals surface area contributed by atoms with Crippen LogP contribution in [0.15, 0.2) is 42.5 Å². The van der Waals surface area contributed by atoms with Crippen LogP contribution in [0.2, 0.25) is 0 Å². The van der Waals surface area contributed by atoms with Crippen molar-refractivity contribution in [3.05, 3.63) is 59.2 Å². The van der Waals surface area contributed by atoms with E-state index in [4.69, 9.17) is 14.2 Å². The molecule has 0 radical (unpaired) electrons. The zero-order valence-corrected chi connectivity index (χ0v) is 18.4. The molecule has 0 saturated carbocycles. The van der Waals surface area contributed by atoms with Gasteiger partial charge in [-0.15, -0.1) is 0 Å². The number of fused-ring (bicyclic) bond motifs is 1. The van der Waals surface area contributed by atoms with Crippen LogP contribution in [-0.2, 0) is 14.3 Å². The number of rotatable bonds is 7. The van der Waals surface area contributed by atoms with Gasteiger partial charge in [0.25, 0.3) is 0 Å². The summed E-state index contributed by atoms with van der Waals surface area (Å²) in [4.78, 5) is 27.3. The van der Waals surface area contributed by atoms with Gasteiger partial charge in [0.15, 0.2) is 11.5 Å². The molecule has 0 bridgehead atoms. The van der Waals surface area contributed by atoms with Gasteiger partial charge in [-0.25, -0.2) is 0 Å². The van der Waals surface area contributed by atoms with Gasteiger partial charge in [0.2, 0.25) is 18.6 Å². The summed E-state index contributed by atoms with van der Waals surface area (Å²) in [6.45, 7) is 5.19. The average molecular weight is 437 g/mol. The number of nitrogens with zero attached hydrogens (tertiary/aromatic N) is 1. The van der Waals surface area contributed by atoms with Gasteiger partial charge < -0.3 is 24.4 Å². The van der Waals surface area contributed by atoms with Crippen molar-refractivity contribution in [3.8, 4) is 11.5 Å². The Morgan fingerprint density at radius 2 is 2.00 bits per heavy atom. The molecule has 1 N–H and O–H groups in total. The highest BCUT2D eigenvalue weighted by molar-refractivity contribution is 5.98. The van der Waals surface area contributed by atoms with E-state index in [0.717, 1.165) is 35.2 Å². The Morgan fingerprint density at radius 1 is 1.16 bits per heavy atom. The number of benzene rings is 2. The molecule has 168 valence electrons. The van der Waals surface area contributed by atoms with Crippen LogP contribution in [0.5, 0.6) is 11.5 Å². The molecule has 0 aliphatic carbocycles. The molecule has 1 atom stereocenters. The first-order valence-corrected chi connectivity index (χ1v) is 10.8. The molecule has 0 spiro atoms. The first-order chi connectivity index (χ1) is 15.5. The number of carbonyl (C=O) groups excluding carboxylic acids is 2. The van der Waals surface area contributed by atoms with Gasteiger partial charge in [0.1, 0.15) is 6.54 Å². The molecule has 1 unspecified atom stereocenters. The first kappa shape index (κ1) is 21.9. The molecule has 7 nitrogen and oxygen atoms in total. The minimum absolute atomic E-state index is 0.0441. The molecule has 7 heteroatoms. The van der Waals surface area contributed by atoms with E-state index in [1.54, 1.807) is 11.0 Å². The van der Waals surface area contributed by atoms with E-state index >= 15 is 0 Å². The zero-order valence-electron chi connectivity index (χ0n) is 18.4. The number of hydrogen-bond donors (Lipinski definition) is 1. The van der Waals surface area contributed by atoms with Crippen LogP contribution in [0.4, 0.5) is 5.69 Å². The second-order valence-electron chi connectivity index (χ2n) is 8.10. The Bertz CT molecular complexity index is 1030. The molecule has 2 aliphatic rings. The van der Waals surface area contributed by atoms with Crippen LogP contribution in [-0.4, -0.2) is 49.3 Å². The lowest BCUT2D eigenvalue weighted by atomic mass is 10.1. The summed E-state index contributed by atoms with van der Waals surface area (Å²) < 4.78 is 16.4. The minimum atomic E-state index is -0.241. The number of anilines is 1. The highest BCUT2D eigenvalue weighted by atomic mass is 16.7. The zero-order chi connectivity index (χ0) is 22.5. The Labute approximate surface area is 188 Å². The van der Waals surface area contributed by atoms with Crippen molar-refractivity contribution in [2.45, 2.75) is 32.8 Å². The van der Waals surface area contributed by atoms with E-state index in [9.17, 15) is 9.59 Å². The predicted molar refractivity (Wildman–Crippen MR) is 122 cm³/mol. The topological polar surface area (TPSA) is 77.1 Å². The summed E-state index contributed by atoms with van der Waals surface area (Å²) in [5, 5.41) is 2.94. The summed E-state index contributed by atoms with van der Waals surface area (Å²) in [6.07, 6.45) is 5.00. The largest absolute Gasteiger partial charge is 0.454 e. The van der Waals surface area contributed by atoms with Gasteiger partial charge >= 0.3 is 0 Å². The number of aryl methyl sites for hydroxylation is 1. The fraction of sp³-hybridized carbons (Fsp3) is 0.360. The van der Waals surface area contributed by atoms with E-state index in [1.165, 1.54) is 6.08 Å². The molecule has 2 aromatic carbocycles. The van der Waals surface area contributed by atoms with Crippen LogP contribution in [0, 0.1) is 13.8 Å². The third-order valence-electron chi connectivity index (χ3n) is 5.79. The molecule has 0 aromatic heterocycles. The maximum Gasteiger partial charge on any atom is 0.247 e. The lowest BCUT2D eigenvalue weighted by Gasteiger charge is -2.24. The summed E-state index contributed by atoms with van der Waals surface area (Å²) >= 11 is 0. The van der Waals surface area contributed by atoms with Gasteiger partial charge in [0, 0.05) is 24.9 Å². The summed E-state index contributed by atoms with van der Waals surface area (Å²) in [7, 11) is 0. The second kappa shape index (κ2) is 9.87. The fourth-order valence-electron chi connectivity index (χ4n) is 3.81. The number of hydrogen-bond acceptors (Lipinski definition) is 5. The molecule has 4 rings (SSSR count). The fourth-order valence-corrected chi connectivity index (χ4v) is 3.81. The first-order valence-electron chi connectivity index (χ1n) is 10.8. The van der Waals surface area contributed by atoms with Crippen molar-refractivity contribution >= 4 is 23.6 Å². The van der Waals surface area contributed by atoms with Gasteiger partial charge in [0.05, 0.1) is 6.10 Å². The lowest BCUT2D eigenvalue weighted by Crippen LogP contribution is -2.41. The molecule has 2 aromatic rings. The Balaban J connectivity index is 1.44. The maximum atomic E-state index is 13.0. The molecule has 2 aliphatic heterocycles. The second-order valence-corrected chi connectivity index (χ2v) is 8.10. The summed E-state index contributed by atoms with van der Waals surface area (Å²) in [5.41, 5.74) is 3.69. The van der Waals surface area contributed by atoms with Gasteiger partial charge in [-0.1, -0.05) is 18.2 Å². The van der Waals surface area contributed by atoms with Gasteiger partial charge in [-0.2, -0.15) is 0 Å². The predicted octanol–water partition coefficient (Wildman–Crippen LogP) is 3.69. The minimum Gasteiger partial charge on any atom is -0.454 e. The van der Waals surface area contributed by atoms with Crippen LogP contribution < -0.4 is 14.8 Å². The average Bonchev–Trinajstić information content (AvgIpc) is 3.46. The van der Waals surface area contributed by atoms with Gasteiger partial charge in [-0.05, 0) is 67.7 Å². The third kappa shape index (κ3) is 5.29. The van der Waals surface area contributed by atoms with E-state index in [-0.39, 0.29) is 31.3 Å². The lowest BCUT2D eigenvalue weighted by molar-refractivity contribution is -0.131.